The molecule has 0 saturated carbocycles. The Morgan fingerprint density at radius 3 is 2.76 bits per heavy atom. The number of para-hydroxylation sites is 1. The lowest BCUT2D eigenvalue weighted by atomic mass is 9.91. The minimum atomic E-state index is -1.06. The molecule has 0 amide bonds. The van der Waals surface area contributed by atoms with Crippen molar-refractivity contribution in [2.75, 3.05) is 6.61 Å². The first-order valence-corrected chi connectivity index (χ1v) is 10.6. The van der Waals surface area contributed by atoms with Crippen LogP contribution in [0.15, 0.2) is 70.1 Å². The molecule has 33 heavy (non-hydrogen) atoms. The van der Waals surface area contributed by atoms with Crippen molar-refractivity contribution >= 4 is 16.9 Å². The number of hydrogen-bond acceptors (Lipinski definition) is 6. The fraction of sp³-hybridized carbons (Fsp3) is 0.280. The summed E-state index contributed by atoms with van der Waals surface area (Å²) >= 11 is 0. The predicted octanol–water partition coefficient (Wildman–Crippen LogP) is 4.85. The predicted molar refractivity (Wildman–Crippen MR) is 117 cm³/mol. The van der Waals surface area contributed by atoms with Gasteiger partial charge >= 0.3 is 5.97 Å². The van der Waals surface area contributed by atoms with Crippen molar-refractivity contribution in [2.45, 2.75) is 31.7 Å². The number of benzene rings is 2. The van der Waals surface area contributed by atoms with E-state index in [1.807, 2.05) is 6.08 Å². The summed E-state index contributed by atoms with van der Waals surface area (Å²) in [6, 6.07) is 10.5. The Morgan fingerprint density at radius 2 is 1.97 bits per heavy atom. The van der Waals surface area contributed by atoms with Gasteiger partial charge in [-0.15, -0.1) is 0 Å². The third-order valence-corrected chi connectivity index (χ3v) is 5.55. The molecular weight excluding hydrogens is 431 g/mol. The summed E-state index contributed by atoms with van der Waals surface area (Å²) in [7, 11) is 0. The summed E-state index contributed by atoms with van der Waals surface area (Å²) in [5.41, 5.74) is 0.446. The number of allylic oxidation sites excluding steroid dienone is 2. The summed E-state index contributed by atoms with van der Waals surface area (Å²) in [6.07, 6.45) is 4.20. The Hall–Kier alpha value is -3.49. The maximum absolute atomic E-state index is 13.7. The molecule has 2 aromatic carbocycles. The first-order chi connectivity index (χ1) is 15.9. The first kappa shape index (κ1) is 22.7. The fourth-order valence-electron chi connectivity index (χ4n) is 3.87. The van der Waals surface area contributed by atoms with Gasteiger partial charge in [0.1, 0.15) is 23.4 Å². The topological polar surface area (TPSA) is 106 Å². The highest BCUT2D eigenvalue weighted by Gasteiger charge is 2.36. The monoisotopic (exact) mass is 454 g/mol. The van der Waals surface area contributed by atoms with Crippen LogP contribution >= 0.6 is 0 Å². The van der Waals surface area contributed by atoms with Gasteiger partial charge < -0.3 is 24.1 Å². The SMILES string of the molecule is O=C(O)CC/C=C\CC1COC(c2coc3ccc(F)cc3c2=O)OC1c1ccccc1O. The van der Waals surface area contributed by atoms with E-state index in [4.69, 9.17) is 19.0 Å². The standard InChI is InChI=1S/C25H23FO7/c26-16-10-11-21-18(12-16)23(30)19(14-31-21)25-32-13-15(6-2-1-3-9-22(28)29)24(33-25)17-7-4-5-8-20(17)27/h1-2,4-5,7-8,10-12,14-15,24-25,27H,3,6,9,13H2,(H,28,29)/b2-1-. The summed E-state index contributed by atoms with van der Waals surface area (Å²) in [5.74, 6) is -1.57. The number of carbonyl (C=O) groups is 1. The van der Waals surface area contributed by atoms with Crippen LogP contribution in [0, 0.1) is 11.7 Å². The zero-order chi connectivity index (χ0) is 23.4. The molecule has 3 aromatic rings. The molecule has 172 valence electrons. The van der Waals surface area contributed by atoms with Crippen molar-refractivity contribution < 1.29 is 33.3 Å². The normalized spacial score (nSPS) is 20.9. The Labute approximate surface area is 188 Å². The van der Waals surface area contributed by atoms with Crippen LogP contribution < -0.4 is 5.43 Å². The van der Waals surface area contributed by atoms with Gasteiger partial charge in [-0.2, -0.15) is 0 Å². The first-order valence-electron chi connectivity index (χ1n) is 10.6. The van der Waals surface area contributed by atoms with Crippen molar-refractivity contribution in [3.05, 3.63) is 88.0 Å². The number of carboxylic acids is 1. The number of phenolic OH excluding ortho intramolecular Hbond substituents is 1. The summed E-state index contributed by atoms with van der Waals surface area (Å²) in [5, 5.41) is 19.3. The number of halogens is 1. The third-order valence-electron chi connectivity index (χ3n) is 5.55. The van der Waals surface area contributed by atoms with E-state index in [1.54, 1.807) is 30.3 Å². The number of carboxylic acid groups (broad SMARTS) is 1. The number of hydrogen-bond donors (Lipinski definition) is 2. The third kappa shape index (κ3) is 5.13. The lowest BCUT2D eigenvalue weighted by Gasteiger charge is -2.36. The molecule has 0 radical (unpaired) electrons. The smallest absolute Gasteiger partial charge is 0.303 e. The molecule has 0 aliphatic carbocycles. The Morgan fingerprint density at radius 1 is 1.15 bits per heavy atom. The zero-order valence-corrected chi connectivity index (χ0v) is 17.6. The van der Waals surface area contributed by atoms with E-state index in [1.165, 1.54) is 18.4 Å². The average Bonchev–Trinajstić information content (AvgIpc) is 2.80. The Kier molecular flexibility index (Phi) is 6.86. The van der Waals surface area contributed by atoms with E-state index < -0.39 is 29.6 Å². The molecule has 7 nitrogen and oxygen atoms in total. The van der Waals surface area contributed by atoms with Crippen LogP contribution in [0.2, 0.25) is 0 Å². The van der Waals surface area contributed by atoms with E-state index in [0.29, 0.717) is 18.4 Å². The van der Waals surface area contributed by atoms with Gasteiger partial charge in [0.25, 0.3) is 0 Å². The second-order valence-electron chi connectivity index (χ2n) is 7.84. The van der Waals surface area contributed by atoms with E-state index in [-0.39, 0.29) is 41.2 Å². The minimum absolute atomic E-state index is 0.0392. The number of aromatic hydroxyl groups is 1. The van der Waals surface area contributed by atoms with Gasteiger partial charge in [0, 0.05) is 17.9 Å². The zero-order valence-electron chi connectivity index (χ0n) is 17.6. The number of fused-ring (bicyclic) bond motifs is 1. The number of phenols is 1. The average molecular weight is 454 g/mol. The van der Waals surface area contributed by atoms with Gasteiger partial charge in [-0.25, -0.2) is 4.39 Å². The van der Waals surface area contributed by atoms with Gasteiger partial charge in [0.15, 0.2) is 6.29 Å². The molecule has 1 fully saturated rings. The minimum Gasteiger partial charge on any atom is -0.508 e. The Balaban J connectivity index is 1.61. The second-order valence-corrected chi connectivity index (χ2v) is 7.84. The molecule has 0 spiro atoms. The van der Waals surface area contributed by atoms with Crippen molar-refractivity contribution in [2.24, 2.45) is 5.92 Å². The fourth-order valence-corrected chi connectivity index (χ4v) is 3.87. The summed E-state index contributed by atoms with van der Waals surface area (Å²) in [4.78, 5) is 23.7. The summed E-state index contributed by atoms with van der Waals surface area (Å²) in [6.45, 7) is 0.216. The number of ether oxygens (including phenoxy) is 2. The summed E-state index contributed by atoms with van der Waals surface area (Å²) < 4.78 is 31.2. The largest absolute Gasteiger partial charge is 0.508 e. The van der Waals surface area contributed by atoms with Crippen LogP contribution in [0.1, 0.15) is 42.8 Å². The lowest BCUT2D eigenvalue weighted by molar-refractivity contribution is -0.244. The molecule has 1 saturated heterocycles. The van der Waals surface area contributed by atoms with Gasteiger partial charge in [-0.05, 0) is 37.1 Å². The van der Waals surface area contributed by atoms with Crippen LogP contribution in [-0.4, -0.2) is 22.8 Å². The maximum Gasteiger partial charge on any atom is 0.303 e. The van der Waals surface area contributed by atoms with Gasteiger partial charge in [0.05, 0.1) is 23.7 Å². The number of rotatable bonds is 7. The van der Waals surface area contributed by atoms with E-state index in [2.05, 4.69) is 0 Å². The quantitative estimate of drug-likeness (QED) is 0.492. The highest BCUT2D eigenvalue weighted by Crippen LogP contribution is 2.42. The van der Waals surface area contributed by atoms with Crippen LogP contribution in [0.3, 0.4) is 0 Å². The van der Waals surface area contributed by atoms with Gasteiger partial charge in [0.2, 0.25) is 5.43 Å². The van der Waals surface area contributed by atoms with Crippen molar-refractivity contribution in [1.29, 1.82) is 0 Å². The molecule has 3 unspecified atom stereocenters. The van der Waals surface area contributed by atoms with Gasteiger partial charge in [-0.1, -0.05) is 30.4 Å². The molecule has 2 N–H and O–H groups in total. The van der Waals surface area contributed by atoms with Gasteiger partial charge in [-0.3, -0.25) is 9.59 Å². The van der Waals surface area contributed by atoms with Crippen molar-refractivity contribution in [3.63, 3.8) is 0 Å². The highest BCUT2D eigenvalue weighted by molar-refractivity contribution is 5.76. The van der Waals surface area contributed by atoms with Crippen molar-refractivity contribution in [1.82, 2.24) is 0 Å². The van der Waals surface area contributed by atoms with Crippen LogP contribution in [-0.2, 0) is 14.3 Å². The molecule has 8 heteroatoms. The van der Waals surface area contributed by atoms with Crippen LogP contribution in [0.25, 0.3) is 11.0 Å². The van der Waals surface area contributed by atoms with E-state index in [0.717, 1.165) is 6.07 Å². The molecule has 1 aromatic heterocycles. The second kappa shape index (κ2) is 9.97. The molecule has 4 rings (SSSR count). The maximum atomic E-state index is 13.7. The Bertz CT molecular complexity index is 1230. The molecule has 2 heterocycles. The lowest BCUT2D eigenvalue weighted by Crippen LogP contribution is -2.32. The van der Waals surface area contributed by atoms with Crippen molar-refractivity contribution in [3.8, 4) is 5.75 Å². The molecule has 3 atom stereocenters. The van der Waals surface area contributed by atoms with Crippen LogP contribution in [0.5, 0.6) is 5.75 Å². The van der Waals surface area contributed by atoms with E-state index in [9.17, 15) is 19.1 Å². The molecular formula is C25H23FO7. The van der Waals surface area contributed by atoms with E-state index >= 15 is 0 Å². The highest BCUT2D eigenvalue weighted by atomic mass is 19.1. The molecule has 1 aliphatic rings. The number of aliphatic carboxylic acids is 1. The molecule has 1 aliphatic heterocycles. The molecule has 0 bridgehead atoms. The van der Waals surface area contributed by atoms with Crippen LogP contribution in [0.4, 0.5) is 4.39 Å².